The molecule has 162 valence electrons. The maximum Gasteiger partial charge on any atom is 0.237 e. The number of para-hydroxylation sites is 1. The summed E-state index contributed by atoms with van der Waals surface area (Å²) < 4.78 is 26.0. The monoisotopic (exact) mass is 475 g/mol. The highest BCUT2D eigenvalue weighted by atomic mass is 35.5. The topological polar surface area (TPSA) is 72.3 Å². The van der Waals surface area contributed by atoms with E-state index < -0.39 is 9.84 Å². The Hall–Kier alpha value is -2.29. The number of carbonyl (C=O) groups excluding carboxylic acids is 1. The Bertz CT molecular complexity index is 1200. The van der Waals surface area contributed by atoms with E-state index in [0.717, 1.165) is 11.3 Å². The average molecular weight is 476 g/mol. The van der Waals surface area contributed by atoms with Crippen LogP contribution in [0.4, 0.5) is 5.69 Å². The smallest absolute Gasteiger partial charge is 0.237 e. The number of benzene rings is 2. The van der Waals surface area contributed by atoms with E-state index in [9.17, 15) is 13.2 Å². The van der Waals surface area contributed by atoms with Gasteiger partial charge in [0.25, 0.3) is 0 Å². The van der Waals surface area contributed by atoms with Gasteiger partial charge in [-0.15, -0.1) is 0 Å². The van der Waals surface area contributed by atoms with Gasteiger partial charge in [-0.2, -0.15) is 0 Å². The van der Waals surface area contributed by atoms with Crippen LogP contribution in [0.15, 0.2) is 66.1 Å². The zero-order valence-corrected chi connectivity index (χ0v) is 19.3. The second-order valence-electron chi connectivity index (χ2n) is 7.41. The summed E-state index contributed by atoms with van der Waals surface area (Å²) in [5, 5.41) is 1.33. The van der Waals surface area contributed by atoms with Crippen molar-refractivity contribution in [2.24, 2.45) is 0 Å². The van der Waals surface area contributed by atoms with Gasteiger partial charge in [0.05, 0.1) is 29.0 Å². The fourth-order valence-corrected chi connectivity index (χ4v) is 6.45. The molecule has 9 heteroatoms. The van der Waals surface area contributed by atoms with Crippen LogP contribution in [0.3, 0.4) is 0 Å². The summed E-state index contributed by atoms with van der Waals surface area (Å²) in [5.74, 6) is 0.104. The van der Waals surface area contributed by atoms with Gasteiger partial charge >= 0.3 is 0 Å². The van der Waals surface area contributed by atoms with Crippen LogP contribution in [0.25, 0.3) is 5.69 Å². The summed E-state index contributed by atoms with van der Waals surface area (Å²) >= 11 is 7.59. The zero-order valence-electron chi connectivity index (χ0n) is 16.9. The Morgan fingerprint density at radius 3 is 2.71 bits per heavy atom. The molecule has 1 amide bonds. The molecule has 1 unspecified atom stereocenters. The first-order valence-corrected chi connectivity index (χ1v) is 13.0. The Kier molecular flexibility index (Phi) is 6.41. The molecule has 3 aromatic rings. The van der Waals surface area contributed by atoms with Gasteiger partial charge in [0.15, 0.2) is 15.0 Å². The van der Waals surface area contributed by atoms with E-state index in [4.69, 9.17) is 11.6 Å². The zero-order chi connectivity index (χ0) is 22.0. The maximum absolute atomic E-state index is 13.3. The fourth-order valence-electron chi connectivity index (χ4n) is 3.76. The highest BCUT2D eigenvalue weighted by Crippen LogP contribution is 2.29. The number of thioether (sulfide) groups is 1. The molecular weight excluding hydrogens is 454 g/mol. The molecule has 2 aromatic carbocycles. The molecule has 0 saturated carbocycles. The molecule has 4 rings (SSSR count). The maximum atomic E-state index is 13.3. The molecule has 1 fully saturated rings. The van der Waals surface area contributed by atoms with Gasteiger partial charge in [-0.25, -0.2) is 13.4 Å². The minimum Gasteiger partial charge on any atom is -0.308 e. The molecule has 31 heavy (non-hydrogen) atoms. The Morgan fingerprint density at radius 2 is 2.00 bits per heavy atom. The molecule has 1 saturated heterocycles. The SMILES string of the molecule is Cc1c(Cl)cccc1-n1ccnc1SCC(=O)N(c1ccccc1)C1CCS(=O)(=O)C1. The van der Waals surface area contributed by atoms with E-state index in [0.29, 0.717) is 22.3 Å². The summed E-state index contributed by atoms with van der Waals surface area (Å²) in [4.78, 5) is 19.3. The highest BCUT2D eigenvalue weighted by Gasteiger charge is 2.35. The van der Waals surface area contributed by atoms with E-state index in [1.54, 1.807) is 11.1 Å². The van der Waals surface area contributed by atoms with Crippen LogP contribution in [0.5, 0.6) is 0 Å². The fraction of sp³-hybridized carbons (Fsp3) is 0.273. The van der Waals surface area contributed by atoms with E-state index in [1.807, 2.05) is 66.2 Å². The molecule has 0 spiro atoms. The van der Waals surface area contributed by atoms with Crippen LogP contribution in [0, 0.1) is 6.92 Å². The molecule has 0 aliphatic carbocycles. The minimum absolute atomic E-state index is 0.00532. The predicted octanol–water partition coefficient (Wildman–Crippen LogP) is 4.15. The number of hydrogen-bond acceptors (Lipinski definition) is 5. The number of amides is 1. The molecular formula is C22H22ClN3O3S2. The molecule has 2 heterocycles. The van der Waals surface area contributed by atoms with Crippen LogP contribution >= 0.6 is 23.4 Å². The summed E-state index contributed by atoms with van der Waals surface area (Å²) in [6, 6.07) is 14.6. The second kappa shape index (κ2) is 9.06. The number of nitrogens with zero attached hydrogens (tertiary/aromatic N) is 3. The summed E-state index contributed by atoms with van der Waals surface area (Å²) in [5.41, 5.74) is 2.54. The first-order valence-electron chi connectivity index (χ1n) is 9.85. The van der Waals surface area contributed by atoms with Gasteiger partial charge in [-0.05, 0) is 43.2 Å². The third kappa shape index (κ3) is 4.81. The lowest BCUT2D eigenvalue weighted by molar-refractivity contribution is -0.116. The quantitative estimate of drug-likeness (QED) is 0.501. The third-order valence-corrected chi connectivity index (χ3v) is 8.42. The van der Waals surface area contributed by atoms with Crippen LogP contribution in [0.2, 0.25) is 5.02 Å². The first kappa shape index (κ1) is 21.9. The lowest BCUT2D eigenvalue weighted by Crippen LogP contribution is -2.42. The molecule has 1 atom stereocenters. The molecule has 0 bridgehead atoms. The number of hydrogen-bond donors (Lipinski definition) is 0. The van der Waals surface area contributed by atoms with E-state index in [1.165, 1.54) is 11.8 Å². The normalized spacial score (nSPS) is 17.5. The number of aromatic nitrogens is 2. The van der Waals surface area contributed by atoms with Crippen molar-refractivity contribution >= 4 is 44.8 Å². The van der Waals surface area contributed by atoms with E-state index >= 15 is 0 Å². The highest BCUT2D eigenvalue weighted by molar-refractivity contribution is 7.99. The van der Waals surface area contributed by atoms with Crippen LogP contribution < -0.4 is 4.90 Å². The van der Waals surface area contributed by atoms with Crippen molar-refractivity contribution < 1.29 is 13.2 Å². The Balaban J connectivity index is 1.56. The molecule has 1 aliphatic heterocycles. The van der Waals surface area contributed by atoms with Crippen molar-refractivity contribution in [3.8, 4) is 5.69 Å². The predicted molar refractivity (Wildman–Crippen MR) is 125 cm³/mol. The number of halogens is 1. The van der Waals surface area contributed by atoms with Gasteiger partial charge in [-0.1, -0.05) is 47.6 Å². The largest absolute Gasteiger partial charge is 0.308 e. The number of anilines is 1. The van der Waals surface area contributed by atoms with Crippen molar-refractivity contribution in [3.63, 3.8) is 0 Å². The minimum atomic E-state index is -3.12. The molecule has 0 radical (unpaired) electrons. The number of carbonyl (C=O) groups is 1. The van der Waals surface area contributed by atoms with Gasteiger partial charge in [-0.3, -0.25) is 9.36 Å². The van der Waals surface area contributed by atoms with Gasteiger partial charge < -0.3 is 4.90 Å². The standard InChI is InChI=1S/C22H22ClN3O3S2/c1-16-19(23)8-5-9-20(16)25-12-11-24-22(25)30-14-21(27)26(17-6-3-2-4-7-17)18-10-13-31(28,29)15-18/h2-9,11-12,18H,10,13-15H2,1H3. The van der Waals surface area contributed by atoms with Crippen LogP contribution in [-0.4, -0.2) is 47.2 Å². The number of imidazole rings is 1. The van der Waals surface area contributed by atoms with Crippen LogP contribution in [-0.2, 0) is 14.6 Å². The van der Waals surface area contributed by atoms with Gasteiger partial charge in [0.1, 0.15) is 0 Å². The van der Waals surface area contributed by atoms with Crippen molar-refractivity contribution in [2.75, 3.05) is 22.2 Å². The summed E-state index contributed by atoms with van der Waals surface area (Å²) in [7, 11) is -3.12. The molecule has 1 aromatic heterocycles. The molecule has 0 N–H and O–H groups in total. The Morgan fingerprint density at radius 1 is 1.23 bits per heavy atom. The first-order chi connectivity index (χ1) is 14.9. The van der Waals surface area contributed by atoms with E-state index in [-0.39, 0.29) is 29.2 Å². The summed E-state index contributed by atoms with van der Waals surface area (Å²) in [6.07, 6.45) is 3.97. The van der Waals surface area contributed by atoms with Crippen molar-refractivity contribution in [1.29, 1.82) is 0 Å². The van der Waals surface area contributed by atoms with Crippen molar-refractivity contribution in [3.05, 3.63) is 71.5 Å². The second-order valence-corrected chi connectivity index (χ2v) is 11.0. The van der Waals surface area contributed by atoms with Crippen molar-refractivity contribution in [2.45, 2.75) is 24.5 Å². The number of rotatable bonds is 6. The Labute approximate surface area is 191 Å². The van der Waals surface area contributed by atoms with Crippen LogP contribution in [0.1, 0.15) is 12.0 Å². The van der Waals surface area contributed by atoms with Crippen molar-refractivity contribution in [1.82, 2.24) is 9.55 Å². The van der Waals surface area contributed by atoms with E-state index in [2.05, 4.69) is 4.98 Å². The lowest BCUT2D eigenvalue weighted by atomic mass is 10.2. The number of sulfone groups is 1. The van der Waals surface area contributed by atoms with Gasteiger partial charge in [0.2, 0.25) is 5.91 Å². The molecule has 6 nitrogen and oxygen atoms in total. The van der Waals surface area contributed by atoms with Gasteiger partial charge in [0, 0.05) is 23.1 Å². The average Bonchev–Trinajstić information content (AvgIpc) is 3.35. The summed E-state index contributed by atoms with van der Waals surface area (Å²) in [6.45, 7) is 1.94. The molecule has 1 aliphatic rings. The lowest BCUT2D eigenvalue weighted by Gasteiger charge is -2.28. The third-order valence-electron chi connectivity index (χ3n) is 5.31.